The molecule has 4 rings (SSSR count). The van der Waals surface area contributed by atoms with Gasteiger partial charge in [-0.25, -0.2) is 13.8 Å². The Balaban J connectivity index is 0.000000294. The number of benzene rings is 3. The van der Waals surface area contributed by atoms with E-state index in [9.17, 15) is 42.2 Å². The molecule has 24 heteroatoms. The SMILES string of the molecule is Cc1nn(-c2cc(CC(Cl)C(=O)O)c(Cl)cc2F)c(=O)n1C(F)F.Nc1c([N+](=O)[O-])ccc(Oc2ccccc2)c1Cl.O=C(O)CNCP(=O)(O)O. The van der Waals surface area contributed by atoms with Crippen molar-refractivity contribution in [3.05, 3.63) is 102 Å². The van der Waals surface area contributed by atoms with Gasteiger partial charge in [-0.15, -0.1) is 16.7 Å². The summed E-state index contributed by atoms with van der Waals surface area (Å²) in [6, 6.07) is 13.5. The average molecular weight is 818 g/mol. The lowest BCUT2D eigenvalue weighted by molar-refractivity contribution is -0.383. The summed E-state index contributed by atoms with van der Waals surface area (Å²) >= 11 is 17.4. The maximum Gasteiger partial charge on any atom is 0.355 e. The smallest absolute Gasteiger partial charge is 0.355 e. The molecule has 0 bridgehead atoms. The molecule has 0 aliphatic carbocycles. The first-order valence-electron chi connectivity index (χ1n) is 13.9. The summed E-state index contributed by atoms with van der Waals surface area (Å²) in [5, 5.41) is 31.7. The molecule has 1 heterocycles. The normalized spacial score (nSPS) is 11.5. The first-order valence-corrected chi connectivity index (χ1v) is 16.9. The molecule has 282 valence electrons. The van der Waals surface area contributed by atoms with Crippen LogP contribution in [0.4, 0.5) is 24.5 Å². The zero-order chi connectivity index (χ0) is 39.5. The van der Waals surface area contributed by atoms with Crippen LogP contribution in [-0.4, -0.2) is 69.4 Å². The monoisotopic (exact) mass is 816 g/mol. The third kappa shape index (κ3) is 12.8. The van der Waals surface area contributed by atoms with Crippen LogP contribution in [0.25, 0.3) is 5.69 Å². The van der Waals surface area contributed by atoms with Crippen molar-refractivity contribution in [1.29, 1.82) is 0 Å². The van der Waals surface area contributed by atoms with Crippen LogP contribution in [-0.2, 0) is 20.6 Å². The van der Waals surface area contributed by atoms with E-state index in [1.165, 1.54) is 12.1 Å². The topological polar surface area (TPSA) is 262 Å². The van der Waals surface area contributed by atoms with Crippen molar-refractivity contribution in [3.8, 4) is 17.2 Å². The van der Waals surface area contributed by atoms with Crippen molar-refractivity contribution in [2.24, 2.45) is 0 Å². The highest BCUT2D eigenvalue weighted by molar-refractivity contribution is 7.51. The number of nitrogen functional groups attached to an aromatic ring is 1. The van der Waals surface area contributed by atoms with Gasteiger partial charge in [-0.2, -0.15) is 13.5 Å². The molecule has 0 saturated carbocycles. The zero-order valence-electron chi connectivity index (χ0n) is 26.2. The Morgan fingerprint density at radius 3 is 2.25 bits per heavy atom. The standard InChI is InChI=1S/C13H10Cl2F3N3O3.C12H9ClN2O3.C3H8NO5P/c1-5-19-21(13(24)20(5)12(17)18)10-3-6(2-8(15)11(22)23)7(14)4-9(10)16;13-11-10(18-8-4-2-1-3-5-8)7-6-9(12(11)14)15(16)17;5-3(6)1-4-2-10(7,8)9/h3-4,8,12H,2H2,1H3,(H,22,23);1-7H,14H2;4H,1-2H2,(H,5,6)(H2,7,8,9). The summed E-state index contributed by atoms with van der Waals surface area (Å²) in [6.07, 6.45) is -0.856. The van der Waals surface area contributed by atoms with Crippen molar-refractivity contribution in [3.63, 3.8) is 0 Å². The van der Waals surface area contributed by atoms with Crippen molar-refractivity contribution in [2.45, 2.75) is 25.3 Å². The fourth-order valence-corrected chi connectivity index (χ4v) is 4.76. The van der Waals surface area contributed by atoms with Crippen LogP contribution in [0.3, 0.4) is 0 Å². The number of carbonyl (C=O) groups is 2. The van der Waals surface area contributed by atoms with Gasteiger partial charge in [0.25, 0.3) is 5.69 Å². The van der Waals surface area contributed by atoms with Crippen LogP contribution >= 0.6 is 42.4 Å². The number of nitro groups is 1. The van der Waals surface area contributed by atoms with Crippen molar-refractivity contribution >= 4 is 65.7 Å². The Labute approximate surface area is 305 Å². The molecule has 0 saturated heterocycles. The molecule has 7 N–H and O–H groups in total. The summed E-state index contributed by atoms with van der Waals surface area (Å²) in [5.74, 6) is -2.89. The van der Waals surface area contributed by atoms with E-state index >= 15 is 0 Å². The zero-order valence-corrected chi connectivity index (χ0v) is 29.4. The van der Waals surface area contributed by atoms with Gasteiger partial charge in [0.05, 0.1) is 17.8 Å². The number of ether oxygens (including phenoxy) is 1. The summed E-state index contributed by atoms with van der Waals surface area (Å²) in [7, 11) is -4.10. The fourth-order valence-electron chi connectivity index (χ4n) is 3.76. The molecule has 1 aromatic heterocycles. The van der Waals surface area contributed by atoms with E-state index in [1.807, 2.05) is 6.07 Å². The minimum atomic E-state index is -4.10. The van der Waals surface area contributed by atoms with E-state index in [0.29, 0.717) is 10.4 Å². The number of para-hydroxylation sites is 1. The van der Waals surface area contributed by atoms with Crippen LogP contribution in [0, 0.1) is 22.9 Å². The van der Waals surface area contributed by atoms with E-state index < -0.39 is 66.4 Å². The quantitative estimate of drug-likeness (QED) is 0.0354. The molecule has 0 fully saturated rings. The summed E-state index contributed by atoms with van der Waals surface area (Å²) in [4.78, 5) is 59.0. The van der Waals surface area contributed by atoms with Crippen molar-refractivity contribution in [1.82, 2.24) is 19.7 Å². The minimum Gasteiger partial charge on any atom is -0.480 e. The number of aromatic nitrogens is 3. The first-order chi connectivity index (χ1) is 24.1. The van der Waals surface area contributed by atoms with Gasteiger partial charge in [-0.05, 0) is 42.8 Å². The number of rotatable bonds is 12. The fraction of sp³-hybridized carbons (Fsp3) is 0.214. The molecule has 52 heavy (non-hydrogen) atoms. The number of anilines is 1. The highest BCUT2D eigenvalue weighted by Crippen LogP contribution is 2.39. The number of nitrogens with zero attached hydrogens (tertiary/aromatic N) is 4. The Hall–Kier alpha value is -4.69. The number of nitrogens with one attached hydrogen (secondary N) is 1. The second-order valence-electron chi connectivity index (χ2n) is 9.92. The van der Waals surface area contributed by atoms with E-state index in [4.69, 9.17) is 65.3 Å². The molecule has 17 nitrogen and oxygen atoms in total. The summed E-state index contributed by atoms with van der Waals surface area (Å²) in [6.45, 7) is -2.41. The van der Waals surface area contributed by atoms with E-state index in [0.717, 1.165) is 19.1 Å². The molecule has 1 unspecified atom stereocenters. The molecule has 0 amide bonds. The number of nitrogens with two attached hydrogens (primary N) is 1. The number of hydrogen-bond acceptors (Lipinski definition) is 10. The third-order valence-electron chi connectivity index (χ3n) is 6.07. The van der Waals surface area contributed by atoms with Gasteiger partial charge >= 0.3 is 31.8 Å². The Kier molecular flexibility index (Phi) is 16.1. The number of alkyl halides is 3. The van der Waals surface area contributed by atoms with E-state index in [2.05, 4.69) is 10.4 Å². The van der Waals surface area contributed by atoms with Gasteiger partial charge in [0.1, 0.15) is 39.1 Å². The van der Waals surface area contributed by atoms with Crippen molar-refractivity contribution in [2.75, 3.05) is 18.6 Å². The second-order valence-corrected chi connectivity index (χ2v) is 12.9. The van der Waals surface area contributed by atoms with Gasteiger partial charge in [0.2, 0.25) is 0 Å². The van der Waals surface area contributed by atoms with Gasteiger partial charge < -0.3 is 30.5 Å². The molecular weight excluding hydrogens is 791 g/mol. The van der Waals surface area contributed by atoms with Crippen LogP contribution in [0.15, 0.2) is 59.4 Å². The van der Waals surface area contributed by atoms with Crippen LogP contribution in [0.1, 0.15) is 17.9 Å². The molecule has 3 aromatic carbocycles. The largest absolute Gasteiger partial charge is 0.480 e. The Morgan fingerprint density at radius 1 is 1.13 bits per heavy atom. The average Bonchev–Trinajstić information content (AvgIpc) is 3.34. The van der Waals surface area contributed by atoms with Gasteiger partial charge in [0, 0.05) is 17.5 Å². The number of aryl methyl sites for hydroxylation is 1. The highest BCUT2D eigenvalue weighted by Gasteiger charge is 2.23. The number of hydrogen-bond donors (Lipinski definition) is 6. The summed E-state index contributed by atoms with van der Waals surface area (Å²) < 4.78 is 55.9. The maximum absolute atomic E-state index is 14.1. The maximum atomic E-state index is 14.1. The second kappa shape index (κ2) is 19.2. The van der Waals surface area contributed by atoms with Gasteiger partial charge in [0.15, 0.2) is 5.82 Å². The lowest BCUT2D eigenvalue weighted by Gasteiger charge is -2.10. The van der Waals surface area contributed by atoms with Crippen LogP contribution in [0.5, 0.6) is 11.5 Å². The molecule has 4 aromatic rings. The predicted octanol–water partition coefficient (Wildman–Crippen LogP) is 5.18. The predicted molar refractivity (Wildman–Crippen MR) is 181 cm³/mol. The highest BCUT2D eigenvalue weighted by atomic mass is 35.5. The van der Waals surface area contributed by atoms with E-state index in [-0.39, 0.29) is 49.5 Å². The lowest BCUT2D eigenvalue weighted by Crippen LogP contribution is -2.25. The summed E-state index contributed by atoms with van der Waals surface area (Å²) in [5.41, 5.74) is 3.70. The molecule has 0 aliphatic rings. The van der Waals surface area contributed by atoms with Crippen molar-refractivity contribution < 1.29 is 57.0 Å². The number of carboxylic acids is 2. The third-order valence-corrected chi connectivity index (χ3v) is 7.79. The van der Waals surface area contributed by atoms with Gasteiger partial charge in [-0.3, -0.25) is 29.6 Å². The number of aliphatic carboxylic acids is 2. The first kappa shape index (κ1) is 43.5. The lowest BCUT2D eigenvalue weighted by atomic mass is 10.1. The molecule has 1 atom stereocenters. The molecule has 0 radical (unpaired) electrons. The number of halogens is 6. The number of nitro benzene ring substituents is 1. The molecule has 0 aliphatic heterocycles. The Bertz CT molecular complexity index is 2020. The van der Waals surface area contributed by atoms with Gasteiger partial charge in [-0.1, -0.05) is 41.4 Å². The Morgan fingerprint density at radius 2 is 1.75 bits per heavy atom. The minimum absolute atomic E-state index is 0.0352. The van der Waals surface area contributed by atoms with Crippen LogP contribution in [0.2, 0.25) is 10.0 Å². The molecular formula is C28H27Cl3F3N6O11P. The number of carboxylic acid groups (broad SMARTS) is 2. The molecule has 0 spiro atoms. The van der Waals surface area contributed by atoms with Crippen LogP contribution < -0.4 is 21.5 Å². The van der Waals surface area contributed by atoms with E-state index in [1.54, 1.807) is 24.3 Å².